The third-order valence-electron chi connectivity index (χ3n) is 3.97. The largest absolute Gasteiger partial charge is 0.481 e. The van der Waals surface area contributed by atoms with Gasteiger partial charge in [-0.05, 0) is 58.0 Å². The molecule has 1 rings (SSSR count). The number of hydrogen-bond donors (Lipinski definition) is 1. The third-order valence-corrected chi connectivity index (χ3v) is 4.96. The van der Waals surface area contributed by atoms with Gasteiger partial charge in [-0.1, -0.05) is 6.92 Å². The van der Waals surface area contributed by atoms with Gasteiger partial charge in [-0.25, -0.2) is 4.79 Å². The predicted octanol–water partition coefficient (Wildman–Crippen LogP) is 3.62. The molecule has 0 aromatic heterocycles. The average Bonchev–Trinajstić information content (AvgIpc) is 2.42. The summed E-state index contributed by atoms with van der Waals surface area (Å²) in [5, 5.41) is 9.62. The maximum absolute atomic E-state index is 12.0. The second-order valence-corrected chi connectivity index (χ2v) is 8.25. The number of carboxylic acid groups (broad SMARTS) is 1. The Morgan fingerprint density at radius 2 is 1.86 bits per heavy atom. The lowest BCUT2D eigenvalue weighted by Crippen LogP contribution is -2.48. The molecule has 1 saturated heterocycles. The summed E-state index contributed by atoms with van der Waals surface area (Å²) in [7, 11) is 0. The van der Waals surface area contributed by atoms with Crippen LogP contribution in [0.3, 0.4) is 0 Å². The number of carboxylic acids is 1. The Bertz CT molecular complexity index is 384. The van der Waals surface area contributed by atoms with Crippen molar-refractivity contribution in [2.24, 2.45) is 5.41 Å². The van der Waals surface area contributed by atoms with E-state index in [1.165, 1.54) is 0 Å². The molecule has 0 saturated carbocycles. The number of hydrogen-bond acceptors (Lipinski definition) is 4. The lowest BCUT2D eigenvalue weighted by molar-refractivity contribution is -0.152. The van der Waals surface area contributed by atoms with Crippen LogP contribution in [0, 0.1) is 5.41 Å². The fourth-order valence-corrected chi connectivity index (χ4v) is 3.31. The quantitative estimate of drug-likeness (QED) is 0.753. The minimum absolute atomic E-state index is 0.340. The number of piperidine rings is 1. The van der Waals surface area contributed by atoms with E-state index < -0.39 is 17.0 Å². The molecule has 1 N–H and O–H groups in total. The van der Waals surface area contributed by atoms with E-state index in [9.17, 15) is 14.7 Å². The van der Waals surface area contributed by atoms with E-state index in [1.54, 1.807) is 4.90 Å². The summed E-state index contributed by atoms with van der Waals surface area (Å²) in [6.45, 7) is 8.53. The van der Waals surface area contributed by atoms with Crippen LogP contribution < -0.4 is 0 Å². The standard InChI is InChI=1S/C16H29NO4S/c1-5-22-12-6-7-16(13(18)19)8-10-17(11-9-16)14(20)21-15(2,3)4/h5-12H2,1-4H3,(H,18,19). The molecule has 0 unspecified atom stereocenters. The highest BCUT2D eigenvalue weighted by atomic mass is 32.2. The Balaban J connectivity index is 2.54. The number of carbonyl (C=O) groups is 2. The first kappa shape index (κ1) is 19.1. The van der Waals surface area contributed by atoms with Crippen molar-refractivity contribution in [2.45, 2.75) is 59.0 Å². The van der Waals surface area contributed by atoms with E-state index in [0.29, 0.717) is 32.4 Å². The van der Waals surface area contributed by atoms with Crippen LogP contribution in [0.15, 0.2) is 0 Å². The van der Waals surface area contributed by atoms with E-state index in [-0.39, 0.29) is 6.09 Å². The third kappa shape index (κ3) is 5.71. The van der Waals surface area contributed by atoms with Gasteiger partial charge in [0, 0.05) is 13.1 Å². The van der Waals surface area contributed by atoms with Gasteiger partial charge in [0.05, 0.1) is 5.41 Å². The van der Waals surface area contributed by atoms with Gasteiger partial charge >= 0.3 is 12.1 Å². The van der Waals surface area contributed by atoms with Gasteiger partial charge in [0.15, 0.2) is 0 Å². The van der Waals surface area contributed by atoms with Gasteiger partial charge < -0.3 is 14.7 Å². The van der Waals surface area contributed by atoms with E-state index in [4.69, 9.17) is 4.74 Å². The van der Waals surface area contributed by atoms with Gasteiger partial charge in [-0.3, -0.25) is 4.79 Å². The zero-order chi connectivity index (χ0) is 16.8. The first-order chi connectivity index (χ1) is 10.2. The lowest BCUT2D eigenvalue weighted by Gasteiger charge is -2.39. The average molecular weight is 331 g/mol. The van der Waals surface area contributed by atoms with E-state index in [0.717, 1.165) is 17.9 Å². The number of nitrogens with zero attached hydrogens (tertiary/aromatic N) is 1. The molecule has 128 valence electrons. The molecule has 0 spiro atoms. The number of likely N-dealkylation sites (tertiary alicyclic amines) is 1. The predicted molar refractivity (Wildman–Crippen MR) is 89.3 cm³/mol. The van der Waals surface area contributed by atoms with Crippen molar-refractivity contribution in [3.05, 3.63) is 0 Å². The number of aliphatic carboxylic acids is 1. The summed E-state index contributed by atoms with van der Waals surface area (Å²) < 4.78 is 5.36. The van der Waals surface area contributed by atoms with Gasteiger partial charge in [0.2, 0.25) is 0 Å². The smallest absolute Gasteiger partial charge is 0.410 e. The molecule has 1 aliphatic rings. The van der Waals surface area contributed by atoms with Crippen molar-refractivity contribution in [1.29, 1.82) is 0 Å². The highest BCUT2D eigenvalue weighted by Gasteiger charge is 2.42. The molecular formula is C16H29NO4S. The van der Waals surface area contributed by atoms with Crippen molar-refractivity contribution < 1.29 is 19.4 Å². The molecule has 6 heteroatoms. The molecule has 0 aliphatic carbocycles. The molecule has 0 aromatic rings. The Labute approximate surface area is 137 Å². The van der Waals surface area contributed by atoms with E-state index >= 15 is 0 Å². The van der Waals surface area contributed by atoms with Crippen LogP contribution in [0.2, 0.25) is 0 Å². The second kappa shape index (κ2) is 8.09. The zero-order valence-electron chi connectivity index (χ0n) is 14.2. The van der Waals surface area contributed by atoms with Crippen LogP contribution in [0.4, 0.5) is 4.79 Å². The number of amides is 1. The molecule has 1 amide bonds. The molecule has 5 nitrogen and oxygen atoms in total. The van der Waals surface area contributed by atoms with Crippen LogP contribution in [0.5, 0.6) is 0 Å². The van der Waals surface area contributed by atoms with Crippen molar-refractivity contribution in [1.82, 2.24) is 4.90 Å². The van der Waals surface area contributed by atoms with E-state index in [2.05, 4.69) is 6.92 Å². The van der Waals surface area contributed by atoms with Crippen molar-refractivity contribution in [3.8, 4) is 0 Å². The molecule has 0 radical (unpaired) electrons. The molecule has 22 heavy (non-hydrogen) atoms. The molecule has 0 aromatic carbocycles. The van der Waals surface area contributed by atoms with Crippen LogP contribution >= 0.6 is 11.8 Å². The van der Waals surface area contributed by atoms with Crippen LogP contribution in [0.1, 0.15) is 53.4 Å². The minimum Gasteiger partial charge on any atom is -0.481 e. The van der Waals surface area contributed by atoms with Gasteiger partial charge in [-0.2, -0.15) is 11.8 Å². The number of ether oxygens (including phenoxy) is 1. The Kier molecular flexibility index (Phi) is 7.03. The molecule has 0 bridgehead atoms. The fourth-order valence-electron chi connectivity index (χ4n) is 2.67. The molecule has 0 atom stereocenters. The Hall–Kier alpha value is -0.910. The maximum Gasteiger partial charge on any atom is 0.410 e. The fraction of sp³-hybridized carbons (Fsp3) is 0.875. The number of thioether (sulfide) groups is 1. The van der Waals surface area contributed by atoms with Crippen molar-refractivity contribution >= 4 is 23.8 Å². The normalized spacial score (nSPS) is 18.1. The topological polar surface area (TPSA) is 66.8 Å². The zero-order valence-corrected chi connectivity index (χ0v) is 15.0. The van der Waals surface area contributed by atoms with Gasteiger partial charge in [0.25, 0.3) is 0 Å². The first-order valence-electron chi connectivity index (χ1n) is 7.99. The highest BCUT2D eigenvalue weighted by Crippen LogP contribution is 2.37. The second-order valence-electron chi connectivity index (χ2n) is 6.85. The summed E-state index contributed by atoms with van der Waals surface area (Å²) in [6, 6.07) is 0. The first-order valence-corrected chi connectivity index (χ1v) is 9.15. The number of rotatable bonds is 6. The van der Waals surface area contributed by atoms with Crippen LogP contribution in [-0.2, 0) is 9.53 Å². The molecular weight excluding hydrogens is 302 g/mol. The van der Waals surface area contributed by atoms with Gasteiger partial charge in [0.1, 0.15) is 5.60 Å². The Morgan fingerprint density at radius 3 is 2.32 bits per heavy atom. The summed E-state index contributed by atoms with van der Waals surface area (Å²) in [4.78, 5) is 25.4. The monoisotopic (exact) mass is 331 g/mol. The summed E-state index contributed by atoms with van der Waals surface area (Å²) >= 11 is 1.84. The Morgan fingerprint density at radius 1 is 1.27 bits per heavy atom. The van der Waals surface area contributed by atoms with E-state index in [1.807, 2.05) is 32.5 Å². The van der Waals surface area contributed by atoms with Gasteiger partial charge in [-0.15, -0.1) is 0 Å². The van der Waals surface area contributed by atoms with Crippen LogP contribution in [-0.4, -0.2) is 52.3 Å². The number of carbonyl (C=O) groups excluding carboxylic acids is 1. The van der Waals surface area contributed by atoms with Crippen molar-refractivity contribution in [3.63, 3.8) is 0 Å². The van der Waals surface area contributed by atoms with Crippen molar-refractivity contribution in [2.75, 3.05) is 24.6 Å². The molecule has 1 aliphatic heterocycles. The highest BCUT2D eigenvalue weighted by molar-refractivity contribution is 7.99. The summed E-state index contributed by atoms with van der Waals surface area (Å²) in [5.74, 6) is 1.34. The SMILES string of the molecule is CCSCCCC1(C(=O)O)CCN(C(=O)OC(C)(C)C)CC1. The summed E-state index contributed by atoms with van der Waals surface area (Å²) in [5.41, 5.74) is -1.19. The summed E-state index contributed by atoms with van der Waals surface area (Å²) in [6.07, 6.45) is 2.29. The molecule has 1 fully saturated rings. The minimum atomic E-state index is -0.724. The van der Waals surface area contributed by atoms with Crippen LogP contribution in [0.25, 0.3) is 0 Å². The maximum atomic E-state index is 12.0. The molecule has 1 heterocycles. The lowest BCUT2D eigenvalue weighted by atomic mass is 9.75.